The van der Waals surface area contributed by atoms with Gasteiger partial charge in [-0.15, -0.1) is 0 Å². The standard InChI is InChI=1S/C19H23N3O4S2/c1-2-3-13-27-19-20-10-8-18(21-19)22-11-9-15-16(22)6-4-7-17(15)26-12-5-14-28(23,24)25/h4,6-11H,2-3,5,12-14H2,1H3,(H,23,24,25). The SMILES string of the molecule is CCCCSc1nccc(-n2ccc3c(OCCCS(=O)(=O)O)cccc32)n1. The Bertz CT molecular complexity index is 1030. The Labute approximate surface area is 168 Å². The van der Waals surface area contributed by atoms with Crippen molar-refractivity contribution >= 4 is 32.8 Å². The van der Waals surface area contributed by atoms with Gasteiger partial charge < -0.3 is 9.30 Å². The molecule has 0 saturated heterocycles. The lowest BCUT2D eigenvalue weighted by Gasteiger charge is -2.09. The molecule has 3 rings (SSSR count). The highest BCUT2D eigenvalue weighted by molar-refractivity contribution is 7.99. The van der Waals surface area contributed by atoms with Crippen LogP contribution in [0.5, 0.6) is 5.75 Å². The number of fused-ring (bicyclic) bond motifs is 1. The van der Waals surface area contributed by atoms with Gasteiger partial charge in [-0.3, -0.25) is 4.55 Å². The quantitative estimate of drug-likeness (QED) is 0.229. The molecule has 0 fully saturated rings. The zero-order valence-electron chi connectivity index (χ0n) is 15.6. The van der Waals surface area contributed by atoms with Crippen LogP contribution < -0.4 is 4.74 Å². The number of aromatic nitrogens is 3. The van der Waals surface area contributed by atoms with E-state index in [0.717, 1.165) is 40.5 Å². The van der Waals surface area contributed by atoms with Gasteiger partial charge in [0.25, 0.3) is 10.1 Å². The Morgan fingerprint density at radius 2 is 2.07 bits per heavy atom. The first kappa shape index (κ1) is 20.6. The van der Waals surface area contributed by atoms with E-state index in [1.54, 1.807) is 18.0 Å². The van der Waals surface area contributed by atoms with Gasteiger partial charge in [0.2, 0.25) is 0 Å². The van der Waals surface area contributed by atoms with E-state index >= 15 is 0 Å². The van der Waals surface area contributed by atoms with Crippen molar-refractivity contribution in [2.45, 2.75) is 31.3 Å². The lowest BCUT2D eigenvalue weighted by molar-refractivity contribution is 0.320. The number of nitrogens with zero attached hydrogens (tertiary/aromatic N) is 3. The van der Waals surface area contributed by atoms with Crippen LogP contribution in [-0.4, -0.2) is 45.6 Å². The molecule has 2 heterocycles. The van der Waals surface area contributed by atoms with E-state index < -0.39 is 10.1 Å². The van der Waals surface area contributed by atoms with Crippen molar-refractivity contribution in [2.75, 3.05) is 18.1 Å². The summed E-state index contributed by atoms with van der Waals surface area (Å²) in [5.74, 6) is 2.13. The van der Waals surface area contributed by atoms with Crippen LogP contribution >= 0.6 is 11.8 Å². The average Bonchev–Trinajstić information content (AvgIpc) is 3.10. The van der Waals surface area contributed by atoms with E-state index in [2.05, 4.69) is 16.9 Å². The van der Waals surface area contributed by atoms with E-state index in [0.29, 0.717) is 5.75 Å². The third kappa shape index (κ3) is 5.46. The zero-order chi connectivity index (χ0) is 20.0. The number of benzene rings is 1. The summed E-state index contributed by atoms with van der Waals surface area (Å²) in [5.41, 5.74) is 0.940. The molecular formula is C19H23N3O4S2. The molecule has 0 bridgehead atoms. The molecule has 0 aliphatic rings. The molecule has 0 atom stereocenters. The first-order valence-electron chi connectivity index (χ1n) is 9.12. The van der Waals surface area contributed by atoms with Crippen molar-refractivity contribution in [3.05, 3.63) is 42.7 Å². The third-order valence-electron chi connectivity index (χ3n) is 4.09. The number of hydrogen-bond acceptors (Lipinski definition) is 6. The monoisotopic (exact) mass is 421 g/mol. The molecule has 28 heavy (non-hydrogen) atoms. The fraction of sp³-hybridized carbons (Fsp3) is 0.368. The normalized spacial score (nSPS) is 11.8. The fourth-order valence-electron chi connectivity index (χ4n) is 2.73. The number of rotatable bonds is 10. The van der Waals surface area contributed by atoms with Crippen LogP contribution in [0.15, 0.2) is 47.9 Å². The fourth-order valence-corrected chi connectivity index (χ4v) is 4.12. The van der Waals surface area contributed by atoms with Crippen molar-refractivity contribution in [3.63, 3.8) is 0 Å². The molecule has 150 valence electrons. The van der Waals surface area contributed by atoms with Gasteiger partial charge in [-0.1, -0.05) is 31.2 Å². The molecule has 1 N–H and O–H groups in total. The summed E-state index contributed by atoms with van der Waals surface area (Å²) in [6.07, 6.45) is 6.18. The van der Waals surface area contributed by atoms with E-state index in [4.69, 9.17) is 9.29 Å². The Balaban J connectivity index is 1.78. The second-order valence-corrected chi connectivity index (χ2v) is 8.90. The minimum atomic E-state index is -3.97. The summed E-state index contributed by atoms with van der Waals surface area (Å²) in [7, 11) is -3.97. The zero-order valence-corrected chi connectivity index (χ0v) is 17.2. The van der Waals surface area contributed by atoms with E-state index in [1.807, 2.05) is 41.1 Å². The van der Waals surface area contributed by atoms with Crippen LogP contribution in [0.1, 0.15) is 26.2 Å². The summed E-state index contributed by atoms with van der Waals surface area (Å²) in [6, 6.07) is 9.51. The van der Waals surface area contributed by atoms with Crippen molar-refractivity contribution in [3.8, 4) is 11.6 Å². The summed E-state index contributed by atoms with van der Waals surface area (Å²) < 4.78 is 38.1. The highest BCUT2D eigenvalue weighted by Crippen LogP contribution is 2.28. The average molecular weight is 422 g/mol. The number of thioether (sulfide) groups is 1. The molecule has 7 nitrogen and oxygen atoms in total. The van der Waals surface area contributed by atoms with Gasteiger partial charge in [-0.2, -0.15) is 8.42 Å². The predicted octanol–water partition coefficient (Wildman–Crippen LogP) is 3.97. The minimum Gasteiger partial charge on any atom is -0.493 e. The predicted molar refractivity (Wildman–Crippen MR) is 111 cm³/mol. The number of unbranched alkanes of at least 4 members (excludes halogenated alkanes) is 1. The first-order chi connectivity index (χ1) is 13.5. The van der Waals surface area contributed by atoms with Gasteiger partial charge in [0.05, 0.1) is 17.9 Å². The van der Waals surface area contributed by atoms with Gasteiger partial charge in [-0.05, 0) is 37.1 Å². The molecule has 9 heteroatoms. The van der Waals surface area contributed by atoms with Crippen LogP contribution in [0.3, 0.4) is 0 Å². The molecule has 0 unspecified atom stereocenters. The molecular weight excluding hydrogens is 398 g/mol. The second kappa shape index (κ2) is 9.40. The maximum atomic E-state index is 10.8. The van der Waals surface area contributed by atoms with Crippen LogP contribution in [-0.2, 0) is 10.1 Å². The Morgan fingerprint density at radius 1 is 1.21 bits per heavy atom. The first-order valence-corrected chi connectivity index (χ1v) is 11.7. The molecule has 1 aromatic carbocycles. The number of hydrogen-bond donors (Lipinski definition) is 1. The molecule has 0 amide bonds. The molecule has 0 aliphatic heterocycles. The number of ether oxygens (including phenoxy) is 1. The molecule has 2 aromatic heterocycles. The smallest absolute Gasteiger partial charge is 0.264 e. The Kier molecular flexibility index (Phi) is 6.93. The third-order valence-corrected chi connectivity index (χ3v) is 5.84. The lowest BCUT2D eigenvalue weighted by Crippen LogP contribution is -2.08. The summed E-state index contributed by atoms with van der Waals surface area (Å²) in [4.78, 5) is 8.98. The van der Waals surface area contributed by atoms with Crippen LogP contribution in [0.25, 0.3) is 16.7 Å². The van der Waals surface area contributed by atoms with Gasteiger partial charge in [-0.25, -0.2) is 9.97 Å². The van der Waals surface area contributed by atoms with Crippen LogP contribution in [0, 0.1) is 0 Å². The van der Waals surface area contributed by atoms with Crippen molar-refractivity contribution in [2.24, 2.45) is 0 Å². The van der Waals surface area contributed by atoms with Gasteiger partial charge in [0, 0.05) is 23.5 Å². The van der Waals surface area contributed by atoms with Crippen LogP contribution in [0.4, 0.5) is 0 Å². The van der Waals surface area contributed by atoms with Gasteiger partial charge in [0.1, 0.15) is 11.6 Å². The Hall–Kier alpha value is -2.10. The van der Waals surface area contributed by atoms with E-state index in [1.165, 1.54) is 0 Å². The highest BCUT2D eigenvalue weighted by atomic mass is 32.2. The topological polar surface area (TPSA) is 94.3 Å². The molecule has 0 aliphatic carbocycles. The highest BCUT2D eigenvalue weighted by Gasteiger charge is 2.10. The second-order valence-electron chi connectivity index (χ2n) is 6.26. The van der Waals surface area contributed by atoms with Crippen molar-refractivity contribution in [1.82, 2.24) is 14.5 Å². The lowest BCUT2D eigenvalue weighted by atomic mass is 10.2. The van der Waals surface area contributed by atoms with Crippen molar-refractivity contribution < 1.29 is 17.7 Å². The minimum absolute atomic E-state index is 0.204. The van der Waals surface area contributed by atoms with E-state index in [-0.39, 0.29) is 18.8 Å². The van der Waals surface area contributed by atoms with Gasteiger partial charge in [0.15, 0.2) is 5.16 Å². The van der Waals surface area contributed by atoms with E-state index in [9.17, 15) is 8.42 Å². The maximum Gasteiger partial charge on any atom is 0.264 e. The maximum absolute atomic E-state index is 10.8. The molecule has 0 spiro atoms. The van der Waals surface area contributed by atoms with Gasteiger partial charge >= 0.3 is 0 Å². The summed E-state index contributed by atoms with van der Waals surface area (Å²) in [6.45, 7) is 2.36. The molecule has 0 radical (unpaired) electrons. The molecule has 0 saturated carbocycles. The molecule has 3 aromatic rings. The van der Waals surface area contributed by atoms with Crippen LogP contribution in [0.2, 0.25) is 0 Å². The van der Waals surface area contributed by atoms with Crippen molar-refractivity contribution in [1.29, 1.82) is 0 Å². The summed E-state index contributed by atoms with van der Waals surface area (Å²) >= 11 is 1.65. The Morgan fingerprint density at radius 3 is 2.86 bits per heavy atom. The largest absolute Gasteiger partial charge is 0.493 e. The summed E-state index contributed by atoms with van der Waals surface area (Å²) in [5, 5.41) is 1.67.